The van der Waals surface area contributed by atoms with Crippen LogP contribution in [0.5, 0.6) is 0 Å². The molecule has 0 bridgehead atoms. The zero-order chi connectivity index (χ0) is 4.24. The van der Waals surface area contributed by atoms with Crippen molar-refractivity contribution < 1.29 is 4.52 Å². The van der Waals surface area contributed by atoms with Gasteiger partial charge in [-0.25, -0.2) is 0 Å². The van der Waals surface area contributed by atoms with E-state index in [2.05, 4.69) is 0 Å². The summed E-state index contributed by atoms with van der Waals surface area (Å²) in [6.07, 6.45) is 1.76. The Balaban J connectivity index is 2.46. The van der Waals surface area contributed by atoms with E-state index in [1.807, 2.05) is 5.82 Å². The van der Waals surface area contributed by atoms with Crippen LogP contribution in [0.25, 0.3) is 0 Å². The Morgan fingerprint density at radius 2 is 2.67 bits per heavy atom. The van der Waals surface area contributed by atoms with Crippen molar-refractivity contribution in [1.29, 1.82) is 0 Å². The van der Waals surface area contributed by atoms with Gasteiger partial charge in [-0.15, -0.1) is 0 Å². The topological polar surface area (TPSA) is 9.23 Å². The van der Waals surface area contributed by atoms with Crippen LogP contribution in [0.3, 0.4) is 0 Å². The van der Waals surface area contributed by atoms with Crippen LogP contribution in [0.1, 0.15) is 0 Å². The predicted molar refractivity (Wildman–Crippen MR) is 32.4 cm³/mol. The molecule has 1 nitrogen and oxygen atoms in total. The Morgan fingerprint density at radius 3 is 2.83 bits per heavy atom. The molecule has 1 unspecified atom stereocenters. The SMILES string of the molecule is C1=CP=PPO1. The van der Waals surface area contributed by atoms with Crippen molar-refractivity contribution in [3.8, 4) is 0 Å². The van der Waals surface area contributed by atoms with Crippen molar-refractivity contribution in [2.45, 2.75) is 0 Å². The first-order chi connectivity index (χ1) is 3.00. The molecule has 0 aromatic rings. The third-order valence-corrected chi connectivity index (χ3v) is 4.12. The summed E-state index contributed by atoms with van der Waals surface area (Å²) in [5.74, 6) is 2.01. The lowest BCUT2D eigenvalue weighted by molar-refractivity contribution is 0.563. The third-order valence-electron chi connectivity index (χ3n) is 0.347. The van der Waals surface area contributed by atoms with Crippen molar-refractivity contribution in [1.82, 2.24) is 0 Å². The zero-order valence-corrected chi connectivity index (χ0v) is 5.75. The summed E-state index contributed by atoms with van der Waals surface area (Å²) >= 11 is 0. The average Bonchev–Trinajstić information content (AvgIpc) is 1.72. The van der Waals surface area contributed by atoms with Gasteiger partial charge in [0.25, 0.3) is 0 Å². The molecule has 1 rings (SSSR count). The molecule has 32 valence electrons. The van der Waals surface area contributed by atoms with Crippen molar-refractivity contribution in [3.05, 3.63) is 12.1 Å². The summed E-state index contributed by atoms with van der Waals surface area (Å²) in [7, 11) is 3.44. The first-order valence-corrected chi connectivity index (χ1v) is 5.77. The monoisotopic (exact) mass is 136 g/mol. The van der Waals surface area contributed by atoms with E-state index >= 15 is 0 Å². The van der Waals surface area contributed by atoms with E-state index in [-0.39, 0.29) is 0 Å². The molecular weight excluding hydrogens is 133 g/mol. The Labute approximate surface area is 41.3 Å². The fraction of sp³-hybridized carbons (Fsp3) is 0. The molecule has 1 heterocycles. The van der Waals surface area contributed by atoms with Crippen LogP contribution in [-0.4, -0.2) is 0 Å². The maximum Gasteiger partial charge on any atom is 0.129 e. The summed E-state index contributed by atoms with van der Waals surface area (Å²) < 4.78 is 4.90. The number of hydrogen-bond acceptors (Lipinski definition) is 1. The van der Waals surface area contributed by atoms with Gasteiger partial charge in [0.05, 0.1) is 6.26 Å². The molecule has 0 N–H and O–H groups in total. The summed E-state index contributed by atoms with van der Waals surface area (Å²) in [6.45, 7) is 0. The van der Waals surface area contributed by atoms with E-state index in [4.69, 9.17) is 4.52 Å². The highest BCUT2D eigenvalue weighted by Crippen LogP contribution is 2.41. The van der Waals surface area contributed by atoms with E-state index < -0.39 is 0 Å². The maximum atomic E-state index is 4.90. The predicted octanol–water partition coefficient (Wildman–Crippen LogP) is 2.80. The van der Waals surface area contributed by atoms with Gasteiger partial charge in [-0.05, 0) is 15.4 Å². The van der Waals surface area contributed by atoms with Gasteiger partial charge in [-0.2, -0.15) is 0 Å². The maximum absolute atomic E-state index is 4.90. The standard InChI is InChI=1S/C2H3OP3/c1-2-4-6-5-3-1/h1-2,5H. The lowest BCUT2D eigenvalue weighted by Crippen LogP contribution is -1.49. The Hall–Kier alpha value is 0.570. The normalized spacial score (nSPS) is 26.7. The quantitative estimate of drug-likeness (QED) is 0.465. The Bertz CT molecular complexity index is 74.8. The van der Waals surface area contributed by atoms with E-state index in [1.54, 1.807) is 6.26 Å². The van der Waals surface area contributed by atoms with Crippen LogP contribution in [0.2, 0.25) is 0 Å². The second-order valence-corrected chi connectivity index (χ2v) is 5.50. The van der Waals surface area contributed by atoms with Crippen molar-refractivity contribution in [3.63, 3.8) is 0 Å². The summed E-state index contributed by atoms with van der Waals surface area (Å²) in [5, 5.41) is 0. The summed E-state index contributed by atoms with van der Waals surface area (Å²) in [6, 6.07) is 0. The molecule has 0 saturated heterocycles. The molecule has 6 heavy (non-hydrogen) atoms. The highest BCUT2D eigenvalue weighted by Gasteiger charge is 1.78. The van der Waals surface area contributed by atoms with Gasteiger partial charge in [0.1, 0.15) is 8.50 Å². The smallest absolute Gasteiger partial charge is 0.129 e. The molecule has 0 aliphatic carbocycles. The molecule has 0 saturated carbocycles. The minimum atomic E-state index is 0.675. The Morgan fingerprint density at radius 1 is 1.67 bits per heavy atom. The second kappa shape index (κ2) is 2.69. The fourth-order valence-corrected chi connectivity index (χ4v) is 2.97. The van der Waals surface area contributed by atoms with Crippen LogP contribution in [0.4, 0.5) is 0 Å². The van der Waals surface area contributed by atoms with Gasteiger partial charge in [0.15, 0.2) is 0 Å². The first-order valence-electron chi connectivity index (χ1n) is 1.45. The van der Waals surface area contributed by atoms with Crippen molar-refractivity contribution in [2.75, 3.05) is 0 Å². The number of rotatable bonds is 0. The van der Waals surface area contributed by atoms with Crippen LogP contribution in [0.15, 0.2) is 12.1 Å². The van der Waals surface area contributed by atoms with Gasteiger partial charge < -0.3 is 4.52 Å². The fourth-order valence-electron chi connectivity index (χ4n) is 0.169. The lowest BCUT2D eigenvalue weighted by Gasteiger charge is -1.92. The Kier molecular flexibility index (Phi) is 2.12. The summed E-state index contributed by atoms with van der Waals surface area (Å²) in [5.41, 5.74) is 0. The lowest BCUT2D eigenvalue weighted by atomic mass is 11.2. The molecule has 0 radical (unpaired) electrons. The van der Waals surface area contributed by atoms with E-state index in [9.17, 15) is 0 Å². The van der Waals surface area contributed by atoms with Crippen LogP contribution < -0.4 is 0 Å². The highest BCUT2D eigenvalue weighted by molar-refractivity contribution is 8.24. The van der Waals surface area contributed by atoms with Crippen LogP contribution in [-0.2, 0) is 4.52 Å². The van der Waals surface area contributed by atoms with E-state index in [0.29, 0.717) is 8.50 Å². The minimum Gasteiger partial charge on any atom is -0.475 e. The molecular formula is C2H3OP3. The average molecular weight is 136 g/mol. The van der Waals surface area contributed by atoms with Gasteiger partial charge in [-0.1, -0.05) is 0 Å². The zero-order valence-electron chi connectivity index (χ0n) is 2.96. The largest absolute Gasteiger partial charge is 0.475 e. The van der Waals surface area contributed by atoms with E-state index in [1.165, 1.54) is 15.4 Å². The van der Waals surface area contributed by atoms with Gasteiger partial charge >= 0.3 is 0 Å². The second-order valence-electron chi connectivity index (χ2n) is 0.710. The first kappa shape index (κ1) is 4.72. The molecule has 0 spiro atoms. The molecule has 4 heteroatoms. The van der Waals surface area contributed by atoms with Crippen molar-refractivity contribution >= 4 is 23.9 Å². The summed E-state index contributed by atoms with van der Waals surface area (Å²) in [4.78, 5) is 0. The molecule has 0 fully saturated rings. The molecule has 1 aliphatic heterocycles. The van der Waals surface area contributed by atoms with Crippen molar-refractivity contribution in [2.24, 2.45) is 0 Å². The van der Waals surface area contributed by atoms with E-state index in [0.717, 1.165) is 0 Å². The van der Waals surface area contributed by atoms with Crippen LogP contribution in [0, 0.1) is 0 Å². The van der Waals surface area contributed by atoms with Gasteiger partial charge in [0.2, 0.25) is 0 Å². The van der Waals surface area contributed by atoms with Crippen LogP contribution >= 0.6 is 23.9 Å². The van der Waals surface area contributed by atoms with Gasteiger partial charge in [0, 0.05) is 5.82 Å². The van der Waals surface area contributed by atoms with Gasteiger partial charge in [-0.3, -0.25) is 0 Å². The molecule has 1 aliphatic rings. The molecule has 0 aromatic carbocycles. The number of hydrogen-bond donors (Lipinski definition) is 0. The third kappa shape index (κ3) is 1.35. The molecule has 0 aromatic heterocycles. The molecule has 0 amide bonds. The highest BCUT2D eigenvalue weighted by atomic mass is 32.2. The minimum absolute atomic E-state index is 0.675. The molecule has 1 atom stereocenters.